The van der Waals surface area contributed by atoms with Crippen molar-refractivity contribution in [3.8, 4) is 0 Å². The van der Waals surface area contributed by atoms with Crippen LogP contribution in [0.25, 0.3) is 0 Å². The zero-order valence-electron chi connectivity index (χ0n) is 42.0. The van der Waals surface area contributed by atoms with Crippen molar-refractivity contribution >= 4 is 17.9 Å². The van der Waals surface area contributed by atoms with Gasteiger partial charge in [-0.1, -0.05) is 194 Å². The van der Waals surface area contributed by atoms with E-state index in [2.05, 4.69) is 130 Å². The van der Waals surface area contributed by atoms with Gasteiger partial charge < -0.3 is 14.2 Å². The van der Waals surface area contributed by atoms with Gasteiger partial charge in [-0.3, -0.25) is 14.4 Å². The summed E-state index contributed by atoms with van der Waals surface area (Å²) in [6, 6.07) is 0. The molecule has 0 amide bonds. The summed E-state index contributed by atoms with van der Waals surface area (Å²) in [5, 5.41) is 0. The van der Waals surface area contributed by atoms with Crippen LogP contribution in [0.2, 0.25) is 0 Å². The van der Waals surface area contributed by atoms with Crippen molar-refractivity contribution in [3.05, 3.63) is 109 Å². The highest BCUT2D eigenvalue weighted by atomic mass is 16.6. The molecule has 0 aliphatic heterocycles. The molecule has 0 heterocycles. The number of hydrogen-bond donors (Lipinski definition) is 0. The maximum absolute atomic E-state index is 12.8. The van der Waals surface area contributed by atoms with E-state index in [1.807, 2.05) is 0 Å². The smallest absolute Gasteiger partial charge is 0.306 e. The molecule has 0 unspecified atom stereocenters. The number of esters is 3. The fourth-order valence-corrected chi connectivity index (χ4v) is 6.77. The molecule has 0 rings (SSSR count). The van der Waals surface area contributed by atoms with Gasteiger partial charge in [0.05, 0.1) is 0 Å². The van der Waals surface area contributed by atoms with Crippen molar-refractivity contribution in [2.24, 2.45) is 0 Å². The molecule has 0 N–H and O–H groups in total. The van der Waals surface area contributed by atoms with E-state index in [4.69, 9.17) is 14.2 Å². The number of ether oxygens (including phenoxy) is 3. The van der Waals surface area contributed by atoms with Crippen LogP contribution in [0.3, 0.4) is 0 Å². The third-order valence-corrected chi connectivity index (χ3v) is 10.7. The molecule has 0 fully saturated rings. The van der Waals surface area contributed by atoms with Gasteiger partial charge in [0, 0.05) is 19.3 Å². The molecule has 0 bridgehead atoms. The van der Waals surface area contributed by atoms with Crippen LogP contribution in [-0.4, -0.2) is 37.2 Å². The summed E-state index contributed by atoms with van der Waals surface area (Å²) in [6.45, 7) is 6.39. The number of allylic oxidation sites excluding steroid dienone is 18. The van der Waals surface area contributed by atoms with E-state index in [1.165, 1.54) is 70.6 Å². The highest BCUT2D eigenvalue weighted by Crippen LogP contribution is 2.12. The van der Waals surface area contributed by atoms with Crippen LogP contribution < -0.4 is 0 Å². The lowest BCUT2D eigenvalue weighted by molar-refractivity contribution is -0.167. The molecular weight excluding hydrogens is 805 g/mol. The average Bonchev–Trinajstić information content (AvgIpc) is 3.30. The summed E-state index contributed by atoms with van der Waals surface area (Å²) in [4.78, 5) is 38.0. The van der Waals surface area contributed by atoms with Gasteiger partial charge >= 0.3 is 17.9 Å². The van der Waals surface area contributed by atoms with Crippen LogP contribution in [0.5, 0.6) is 0 Å². The van der Waals surface area contributed by atoms with Crippen molar-refractivity contribution in [1.82, 2.24) is 0 Å². The molecule has 65 heavy (non-hydrogen) atoms. The quantitative estimate of drug-likeness (QED) is 0.0262. The molecule has 0 aliphatic carbocycles. The maximum atomic E-state index is 12.8. The van der Waals surface area contributed by atoms with Gasteiger partial charge in [0.1, 0.15) is 13.2 Å². The average molecular weight is 901 g/mol. The van der Waals surface area contributed by atoms with Crippen LogP contribution in [0.4, 0.5) is 0 Å². The highest BCUT2D eigenvalue weighted by molar-refractivity contribution is 5.71. The molecule has 6 nitrogen and oxygen atoms in total. The topological polar surface area (TPSA) is 78.9 Å². The van der Waals surface area contributed by atoms with E-state index in [-0.39, 0.29) is 44.0 Å². The summed E-state index contributed by atoms with van der Waals surface area (Å²) < 4.78 is 16.7. The predicted octanol–water partition coefficient (Wildman–Crippen LogP) is 17.5. The molecule has 0 saturated carbocycles. The van der Waals surface area contributed by atoms with E-state index in [9.17, 15) is 14.4 Å². The molecule has 0 spiro atoms. The molecule has 0 aromatic rings. The van der Waals surface area contributed by atoms with Crippen molar-refractivity contribution in [2.45, 2.75) is 232 Å². The molecular formula is C59H96O6. The normalized spacial score (nSPS) is 13.0. The largest absolute Gasteiger partial charge is 0.462 e. The Labute approximate surface area is 400 Å². The Morgan fingerprint density at radius 3 is 1.06 bits per heavy atom. The monoisotopic (exact) mass is 901 g/mol. The first-order valence-corrected chi connectivity index (χ1v) is 26.4. The van der Waals surface area contributed by atoms with Crippen LogP contribution >= 0.6 is 0 Å². The number of carbonyl (C=O) groups excluding carboxylic acids is 3. The third kappa shape index (κ3) is 50.9. The minimum absolute atomic E-state index is 0.123. The molecule has 0 saturated heterocycles. The summed E-state index contributed by atoms with van der Waals surface area (Å²) >= 11 is 0. The SMILES string of the molecule is CC/C=C\C/C=C\C/C=C\CCCCCCCC(=O)O[C@@H](COC(=O)CCC/C=C\C/C=C\C/C=C\CCCCCCCC)COC(=O)CCCC/C=C\C/C=C\C/C=C\CCCCC. The minimum Gasteiger partial charge on any atom is -0.462 e. The summed E-state index contributed by atoms with van der Waals surface area (Å²) in [7, 11) is 0. The van der Waals surface area contributed by atoms with Gasteiger partial charge in [0.2, 0.25) is 0 Å². The third-order valence-electron chi connectivity index (χ3n) is 10.7. The first-order chi connectivity index (χ1) is 32.0. The Morgan fingerprint density at radius 1 is 0.323 bits per heavy atom. The van der Waals surface area contributed by atoms with Gasteiger partial charge in [-0.25, -0.2) is 0 Å². The van der Waals surface area contributed by atoms with Crippen LogP contribution in [0, 0.1) is 0 Å². The molecule has 6 heteroatoms. The standard InChI is InChI=1S/C59H96O6/c1-4-7-10-13-16-19-22-25-28-29-32-34-37-40-43-46-49-52-58(61)64-55-56(65-59(62)53-50-47-44-41-38-35-31-27-24-21-18-15-12-9-6-3)54-63-57(60)51-48-45-42-39-36-33-30-26-23-20-17-14-11-8-5-2/h9,12,17-18,20-21,25-28,30-32,34,36,39-40,43,56H,4-8,10-11,13-16,19,22-24,29,33,35,37-38,41-42,44-55H2,1-3H3/b12-9-,20-17-,21-18-,28-25-,30-26-,31-27-,34-32-,39-36-,43-40-/t56-/m1/s1. The number of carbonyl (C=O) groups is 3. The van der Waals surface area contributed by atoms with Gasteiger partial charge in [0.15, 0.2) is 6.10 Å². The fraction of sp³-hybridized carbons (Fsp3) is 0.644. The van der Waals surface area contributed by atoms with Crippen LogP contribution in [-0.2, 0) is 28.6 Å². The van der Waals surface area contributed by atoms with Gasteiger partial charge in [-0.15, -0.1) is 0 Å². The second-order valence-electron chi connectivity index (χ2n) is 17.0. The lowest BCUT2D eigenvalue weighted by Crippen LogP contribution is -2.30. The number of unbranched alkanes of at least 4 members (excludes halogenated alkanes) is 17. The lowest BCUT2D eigenvalue weighted by Gasteiger charge is -2.18. The van der Waals surface area contributed by atoms with E-state index in [0.29, 0.717) is 19.3 Å². The summed E-state index contributed by atoms with van der Waals surface area (Å²) in [6.07, 6.45) is 70.8. The Morgan fingerprint density at radius 2 is 0.615 bits per heavy atom. The first kappa shape index (κ1) is 61.1. The van der Waals surface area contributed by atoms with E-state index in [0.717, 1.165) is 103 Å². The highest BCUT2D eigenvalue weighted by Gasteiger charge is 2.19. The first-order valence-electron chi connectivity index (χ1n) is 26.4. The Balaban J connectivity index is 4.57. The van der Waals surface area contributed by atoms with Crippen molar-refractivity contribution < 1.29 is 28.6 Å². The molecule has 368 valence electrons. The van der Waals surface area contributed by atoms with Crippen LogP contribution in [0.15, 0.2) is 109 Å². The van der Waals surface area contributed by atoms with E-state index >= 15 is 0 Å². The van der Waals surface area contributed by atoms with E-state index in [1.54, 1.807) is 0 Å². The Bertz CT molecular complexity index is 1360. The molecule has 0 aromatic carbocycles. The number of hydrogen-bond acceptors (Lipinski definition) is 6. The second kappa shape index (κ2) is 52.7. The van der Waals surface area contributed by atoms with E-state index < -0.39 is 6.10 Å². The van der Waals surface area contributed by atoms with Crippen molar-refractivity contribution in [2.75, 3.05) is 13.2 Å². The zero-order chi connectivity index (χ0) is 47.2. The Kier molecular flexibility index (Phi) is 49.5. The van der Waals surface area contributed by atoms with Gasteiger partial charge in [0.25, 0.3) is 0 Å². The second-order valence-corrected chi connectivity index (χ2v) is 17.0. The lowest BCUT2D eigenvalue weighted by atomic mass is 10.1. The fourth-order valence-electron chi connectivity index (χ4n) is 6.77. The molecule has 0 aromatic heterocycles. The van der Waals surface area contributed by atoms with Crippen LogP contribution in [0.1, 0.15) is 226 Å². The van der Waals surface area contributed by atoms with Gasteiger partial charge in [-0.2, -0.15) is 0 Å². The Hall–Kier alpha value is -3.93. The zero-order valence-corrected chi connectivity index (χ0v) is 42.0. The summed E-state index contributed by atoms with van der Waals surface area (Å²) in [5.74, 6) is -1.03. The van der Waals surface area contributed by atoms with Crippen molar-refractivity contribution in [3.63, 3.8) is 0 Å². The maximum Gasteiger partial charge on any atom is 0.306 e. The van der Waals surface area contributed by atoms with Crippen molar-refractivity contribution in [1.29, 1.82) is 0 Å². The molecule has 0 aliphatic rings. The minimum atomic E-state index is -0.825. The van der Waals surface area contributed by atoms with Gasteiger partial charge in [-0.05, 0) is 122 Å². The molecule has 0 radical (unpaired) electrons. The molecule has 1 atom stereocenters. The predicted molar refractivity (Wildman–Crippen MR) is 279 cm³/mol. The summed E-state index contributed by atoms with van der Waals surface area (Å²) in [5.41, 5.74) is 0. The number of rotatable bonds is 46.